The summed E-state index contributed by atoms with van der Waals surface area (Å²) in [6, 6.07) is 17.0. The molecule has 1 N–H and O–H groups in total. The van der Waals surface area contributed by atoms with E-state index in [1.165, 1.54) is 0 Å². The molecule has 2 aromatic heterocycles. The average molecular weight is 467 g/mol. The third kappa shape index (κ3) is 5.43. The van der Waals surface area contributed by atoms with Crippen LogP contribution >= 0.6 is 0 Å². The Kier molecular flexibility index (Phi) is 6.61. The van der Waals surface area contributed by atoms with Gasteiger partial charge in [-0.15, -0.1) is 0 Å². The van der Waals surface area contributed by atoms with Crippen LogP contribution in [0.15, 0.2) is 79.4 Å². The topological polar surface area (TPSA) is 93.1 Å². The van der Waals surface area contributed by atoms with Gasteiger partial charge in [0.05, 0.1) is 11.9 Å². The van der Waals surface area contributed by atoms with Gasteiger partial charge in [-0.2, -0.15) is 0 Å². The highest BCUT2D eigenvalue weighted by Gasteiger charge is 2.27. The maximum Gasteiger partial charge on any atom is 0.253 e. The third-order valence-corrected chi connectivity index (χ3v) is 6.00. The Balaban J connectivity index is 1.28. The van der Waals surface area contributed by atoms with Gasteiger partial charge in [0.25, 0.3) is 5.91 Å². The molecule has 3 heterocycles. The summed E-state index contributed by atoms with van der Waals surface area (Å²) in [4.78, 5) is 32.7. The predicted octanol–water partition coefficient (Wildman–Crippen LogP) is 5.13. The van der Waals surface area contributed by atoms with Crippen molar-refractivity contribution in [1.29, 1.82) is 0 Å². The standard InChI is InChI=1S/C27H26N6O2/c1-19-7-2-3-11-24(19)35-25-17-28-16-23(32-25)21-9-5-14-33(18-21)26(34)20-8-4-10-22(15-20)31-27-29-12-6-13-30-27/h2-4,6-8,10-13,15-17,21H,5,9,14,18H2,1H3,(H,29,30,31)/t21-/m0/s1. The summed E-state index contributed by atoms with van der Waals surface area (Å²) in [6.45, 7) is 3.29. The maximum absolute atomic E-state index is 13.3. The van der Waals surface area contributed by atoms with Gasteiger partial charge in [-0.3, -0.25) is 9.78 Å². The molecule has 1 aliphatic rings. The lowest BCUT2D eigenvalue weighted by Crippen LogP contribution is -2.39. The number of nitrogens with one attached hydrogen (secondary N) is 1. The molecule has 1 saturated heterocycles. The van der Waals surface area contributed by atoms with Gasteiger partial charge in [-0.05, 0) is 55.7 Å². The minimum absolute atomic E-state index is 0.00685. The van der Waals surface area contributed by atoms with E-state index in [0.29, 0.717) is 30.5 Å². The van der Waals surface area contributed by atoms with Gasteiger partial charge in [-0.25, -0.2) is 15.0 Å². The molecule has 1 fully saturated rings. The molecule has 176 valence electrons. The molecule has 35 heavy (non-hydrogen) atoms. The van der Waals surface area contributed by atoms with Crippen molar-refractivity contribution in [2.45, 2.75) is 25.7 Å². The number of amides is 1. The van der Waals surface area contributed by atoms with Gasteiger partial charge in [0.1, 0.15) is 5.75 Å². The van der Waals surface area contributed by atoms with E-state index in [1.54, 1.807) is 30.9 Å². The van der Waals surface area contributed by atoms with E-state index in [-0.39, 0.29) is 11.8 Å². The zero-order valence-corrected chi connectivity index (χ0v) is 19.5. The molecular formula is C27H26N6O2. The first kappa shape index (κ1) is 22.5. The third-order valence-electron chi connectivity index (χ3n) is 6.00. The van der Waals surface area contributed by atoms with Gasteiger partial charge in [0.15, 0.2) is 0 Å². The number of para-hydroxylation sites is 1. The predicted molar refractivity (Wildman–Crippen MR) is 133 cm³/mol. The van der Waals surface area contributed by atoms with Gasteiger partial charge < -0.3 is 15.0 Å². The Bertz CT molecular complexity index is 1310. The first-order valence-electron chi connectivity index (χ1n) is 11.6. The first-order chi connectivity index (χ1) is 17.2. The zero-order valence-electron chi connectivity index (χ0n) is 19.5. The highest BCUT2D eigenvalue weighted by atomic mass is 16.5. The molecule has 0 saturated carbocycles. The van der Waals surface area contributed by atoms with Crippen LogP contribution in [-0.4, -0.2) is 43.8 Å². The van der Waals surface area contributed by atoms with Crippen LogP contribution in [-0.2, 0) is 0 Å². The smallest absolute Gasteiger partial charge is 0.253 e. The zero-order chi connectivity index (χ0) is 24.0. The molecule has 8 heteroatoms. The van der Waals surface area contributed by atoms with Crippen molar-refractivity contribution in [1.82, 2.24) is 24.8 Å². The number of aromatic nitrogens is 4. The van der Waals surface area contributed by atoms with Crippen molar-refractivity contribution in [2.24, 2.45) is 0 Å². The summed E-state index contributed by atoms with van der Waals surface area (Å²) < 4.78 is 5.97. The second kappa shape index (κ2) is 10.3. The number of ether oxygens (including phenoxy) is 1. The van der Waals surface area contributed by atoms with Crippen LogP contribution in [0.2, 0.25) is 0 Å². The Morgan fingerprint density at radius 1 is 1.06 bits per heavy atom. The fourth-order valence-corrected chi connectivity index (χ4v) is 4.20. The number of hydrogen-bond donors (Lipinski definition) is 1. The molecule has 4 aromatic rings. The molecule has 0 spiro atoms. The molecule has 0 bridgehead atoms. The molecule has 1 amide bonds. The van der Waals surface area contributed by atoms with Gasteiger partial charge in [-0.1, -0.05) is 24.3 Å². The van der Waals surface area contributed by atoms with Crippen molar-refractivity contribution < 1.29 is 9.53 Å². The number of likely N-dealkylation sites (tertiary alicyclic amines) is 1. The Morgan fingerprint density at radius 2 is 1.91 bits per heavy atom. The monoisotopic (exact) mass is 466 g/mol. The van der Waals surface area contributed by atoms with E-state index in [1.807, 2.05) is 60.4 Å². The Labute approximate surface area is 204 Å². The SMILES string of the molecule is Cc1ccccc1Oc1cncc([C@H]2CCCN(C(=O)c3cccc(Nc4ncccn4)c3)C2)n1. The summed E-state index contributed by atoms with van der Waals surface area (Å²) >= 11 is 0. The van der Waals surface area contributed by atoms with Gasteiger partial charge in [0, 0.05) is 48.8 Å². The fraction of sp³-hybridized carbons (Fsp3) is 0.222. The van der Waals surface area contributed by atoms with Crippen LogP contribution in [0.3, 0.4) is 0 Å². The summed E-state index contributed by atoms with van der Waals surface area (Å²) in [5, 5.41) is 3.14. The first-order valence-corrected chi connectivity index (χ1v) is 11.6. The second-order valence-corrected chi connectivity index (χ2v) is 8.52. The molecule has 0 unspecified atom stereocenters. The van der Waals surface area contributed by atoms with Crippen LogP contribution in [0.4, 0.5) is 11.6 Å². The molecule has 0 radical (unpaired) electrons. The van der Waals surface area contributed by atoms with Crippen LogP contribution < -0.4 is 10.1 Å². The van der Waals surface area contributed by atoms with Gasteiger partial charge in [0.2, 0.25) is 11.8 Å². The lowest BCUT2D eigenvalue weighted by molar-refractivity contribution is 0.0705. The van der Waals surface area contributed by atoms with Crippen molar-refractivity contribution in [3.63, 3.8) is 0 Å². The number of aryl methyl sites for hydroxylation is 1. The summed E-state index contributed by atoms with van der Waals surface area (Å²) in [6.07, 6.45) is 8.57. The molecule has 1 atom stereocenters. The molecule has 1 aliphatic heterocycles. The van der Waals surface area contributed by atoms with Crippen molar-refractivity contribution in [3.05, 3.63) is 96.2 Å². The molecule has 2 aromatic carbocycles. The van der Waals surface area contributed by atoms with E-state index >= 15 is 0 Å². The average Bonchev–Trinajstić information content (AvgIpc) is 2.91. The molecule has 5 rings (SSSR count). The second-order valence-electron chi connectivity index (χ2n) is 8.52. The molecular weight excluding hydrogens is 440 g/mol. The van der Waals surface area contributed by atoms with E-state index in [2.05, 4.69) is 20.3 Å². The van der Waals surface area contributed by atoms with Crippen molar-refractivity contribution >= 4 is 17.5 Å². The summed E-state index contributed by atoms with van der Waals surface area (Å²) in [5.41, 5.74) is 3.26. The number of nitrogens with zero attached hydrogens (tertiary/aromatic N) is 5. The number of piperidine rings is 1. The highest BCUT2D eigenvalue weighted by Crippen LogP contribution is 2.29. The number of anilines is 2. The summed E-state index contributed by atoms with van der Waals surface area (Å²) in [7, 11) is 0. The number of hydrogen-bond acceptors (Lipinski definition) is 7. The molecule has 8 nitrogen and oxygen atoms in total. The lowest BCUT2D eigenvalue weighted by atomic mass is 9.94. The highest BCUT2D eigenvalue weighted by molar-refractivity contribution is 5.95. The Morgan fingerprint density at radius 3 is 2.77 bits per heavy atom. The Hall–Kier alpha value is -4.33. The van der Waals surface area contributed by atoms with Gasteiger partial charge >= 0.3 is 0 Å². The van der Waals surface area contributed by atoms with Crippen molar-refractivity contribution in [3.8, 4) is 11.6 Å². The number of carbonyl (C=O) groups excluding carboxylic acids is 1. The van der Waals surface area contributed by atoms with Crippen LogP contribution in [0.5, 0.6) is 11.6 Å². The fourth-order valence-electron chi connectivity index (χ4n) is 4.20. The number of rotatable bonds is 6. The van der Waals surface area contributed by atoms with E-state index in [0.717, 1.165) is 35.5 Å². The number of benzene rings is 2. The van der Waals surface area contributed by atoms with Crippen molar-refractivity contribution in [2.75, 3.05) is 18.4 Å². The van der Waals surface area contributed by atoms with E-state index < -0.39 is 0 Å². The minimum Gasteiger partial charge on any atom is -0.437 e. The minimum atomic E-state index is -0.00685. The van der Waals surface area contributed by atoms with E-state index in [9.17, 15) is 4.79 Å². The van der Waals surface area contributed by atoms with Crippen LogP contribution in [0.1, 0.15) is 40.4 Å². The maximum atomic E-state index is 13.3. The van der Waals surface area contributed by atoms with Crippen LogP contribution in [0.25, 0.3) is 0 Å². The largest absolute Gasteiger partial charge is 0.437 e. The lowest BCUT2D eigenvalue weighted by Gasteiger charge is -2.32. The summed E-state index contributed by atoms with van der Waals surface area (Å²) in [5.74, 6) is 1.80. The van der Waals surface area contributed by atoms with E-state index in [4.69, 9.17) is 9.72 Å². The van der Waals surface area contributed by atoms with Crippen LogP contribution in [0, 0.1) is 6.92 Å². The quantitative estimate of drug-likeness (QED) is 0.421. The normalized spacial score (nSPS) is 15.5. The molecule has 0 aliphatic carbocycles. The number of carbonyl (C=O) groups is 1.